The van der Waals surface area contributed by atoms with Gasteiger partial charge in [0, 0.05) is 11.6 Å². The lowest BCUT2D eigenvalue weighted by Crippen LogP contribution is -2.30. The fourth-order valence-electron chi connectivity index (χ4n) is 1.65. The molecule has 0 saturated carbocycles. The number of aromatic nitrogens is 2. The van der Waals surface area contributed by atoms with Gasteiger partial charge in [-0.3, -0.25) is 0 Å². The molecule has 0 radical (unpaired) electrons. The van der Waals surface area contributed by atoms with E-state index >= 15 is 0 Å². The zero-order valence-corrected chi connectivity index (χ0v) is 15.7. The van der Waals surface area contributed by atoms with Crippen molar-refractivity contribution in [1.82, 2.24) is 15.5 Å². The predicted octanol–water partition coefficient (Wildman–Crippen LogP) is 4.73. The molecule has 4 nitrogen and oxygen atoms in total. The summed E-state index contributed by atoms with van der Waals surface area (Å²) in [5.41, 5.74) is 0.784. The highest BCUT2D eigenvalue weighted by Crippen LogP contribution is 2.31. The molecule has 0 amide bonds. The number of hydrogen-bond donors (Lipinski definition) is 2. The topological polar surface area (TPSA) is 49.8 Å². The number of halogens is 4. The molecule has 1 heterocycles. The minimum atomic E-state index is 0.426. The Morgan fingerprint density at radius 3 is 2.64 bits per heavy atom. The fourth-order valence-corrected chi connectivity index (χ4v) is 2.88. The second-order valence-electron chi connectivity index (χ2n) is 4.18. The highest BCUT2D eigenvalue weighted by atomic mass is 79.9. The number of hydrogen-bond acceptors (Lipinski definition) is 3. The van der Waals surface area contributed by atoms with Gasteiger partial charge in [-0.1, -0.05) is 34.8 Å². The van der Waals surface area contributed by atoms with Crippen LogP contribution in [0.3, 0.4) is 0 Å². The van der Waals surface area contributed by atoms with Crippen LogP contribution >= 0.6 is 63.0 Å². The molecule has 0 atom stereocenters. The normalized spacial score (nSPS) is 10.4. The van der Waals surface area contributed by atoms with E-state index in [0.717, 1.165) is 10.0 Å². The quantitative estimate of drug-likeness (QED) is 0.532. The lowest BCUT2D eigenvalue weighted by atomic mass is 10.1. The van der Waals surface area contributed by atoms with Crippen LogP contribution in [0, 0.1) is 0 Å². The Morgan fingerprint density at radius 1 is 1.18 bits per heavy atom. The van der Waals surface area contributed by atoms with Crippen molar-refractivity contribution in [2.24, 2.45) is 0 Å². The molecular formula is C13H10BrCl3N4S. The van der Waals surface area contributed by atoms with Crippen LogP contribution in [0.15, 0.2) is 28.9 Å². The Kier molecular flexibility index (Phi) is 6.65. The molecule has 2 aromatic rings. The van der Waals surface area contributed by atoms with Gasteiger partial charge in [0.05, 0.1) is 20.7 Å². The molecule has 0 spiro atoms. The van der Waals surface area contributed by atoms with Crippen LogP contribution in [-0.2, 0) is 6.42 Å². The van der Waals surface area contributed by atoms with Gasteiger partial charge in [0.2, 0.25) is 0 Å². The number of nitrogens with one attached hydrogen (secondary N) is 2. The molecule has 2 N–H and O–H groups in total. The Labute approximate surface area is 156 Å². The van der Waals surface area contributed by atoms with Crippen LogP contribution in [-0.4, -0.2) is 21.9 Å². The lowest BCUT2D eigenvalue weighted by Gasteiger charge is -2.12. The molecule has 0 aliphatic heterocycles. The number of rotatable bonds is 4. The van der Waals surface area contributed by atoms with E-state index in [0.29, 0.717) is 39.0 Å². The van der Waals surface area contributed by atoms with Gasteiger partial charge >= 0.3 is 0 Å². The van der Waals surface area contributed by atoms with Gasteiger partial charge in [0.1, 0.15) is 0 Å². The van der Waals surface area contributed by atoms with Crippen molar-refractivity contribution in [3.8, 4) is 0 Å². The second-order valence-corrected chi connectivity index (χ2v) is 6.64. The van der Waals surface area contributed by atoms with E-state index in [1.54, 1.807) is 24.4 Å². The van der Waals surface area contributed by atoms with Crippen molar-refractivity contribution >= 4 is 73.9 Å². The van der Waals surface area contributed by atoms with Crippen molar-refractivity contribution in [2.75, 3.05) is 11.9 Å². The molecule has 0 bridgehead atoms. The summed E-state index contributed by atoms with van der Waals surface area (Å²) in [4.78, 5) is 0. The van der Waals surface area contributed by atoms with Crippen molar-refractivity contribution in [1.29, 1.82) is 0 Å². The number of thiocarbonyl (C=S) groups is 1. The number of nitrogens with zero attached hydrogens (tertiary/aromatic N) is 2. The largest absolute Gasteiger partial charge is 0.362 e. The minimum absolute atomic E-state index is 0.426. The molecule has 116 valence electrons. The van der Waals surface area contributed by atoms with Crippen molar-refractivity contribution in [3.05, 3.63) is 49.5 Å². The molecular weight excluding hydrogens is 431 g/mol. The molecule has 0 aliphatic rings. The summed E-state index contributed by atoms with van der Waals surface area (Å²) >= 11 is 26.8. The summed E-state index contributed by atoms with van der Waals surface area (Å²) in [5.74, 6) is 0.541. The Balaban J connectivity index is 1.90. The SMILES string of the molecule is S=C(NCCc1c(Cl)ccc(Cl)c1Cl)Nc1nnccc1Br. The van der Waals surface area contributed by atoms with Crippen LogP contribution in [0.1, 0.15) is 5.56 Å². The Bertz CT molecular complexity index is 699. The maximum atomic E-state index is 6.15. The minimum Gasteiger partial charge on any atom is -0.362 e. The van der Waals surface area contributed by atoms with Crippen LogP contribution in [0.2, 0.25) is 15.1 Å². The van der Waals surface area contributed by atoms with E-state index in [2.05, 4.69) is 36.8 Å². The molecule has 22 heavy (non-hydrogen) atoms. The van der Waals surface area contributed by atoms with Gasteiger partial charge in [0.15, 0.2) is 10.9 Å². The van der Waals surface area contributed by atoms with E-state index in [1.165, 1.54) is 0 Å². The average molecular weight is 441 g/mol. The van der Waals surface area contributed by atoms with Crippen LogP contribution in [0.5, 0.6) is 0 Å². The van der Waals surface area contributed by atoms with Gasteiger partial charge in [-0.15, -0.1) is 5.10 Å². The first-order chi connectivity index (χ1) is 10.5. The first-order valence-electron chi connectivity index (χ1n) is 6.13. The second kappa shape index (κ2) is 8.26. The average Bonchev–Trinajstić information content (AvgIpc) is 2.49. The zero-order chi connectivity index (χ0) is 16.1. The molecule has 2 rings (SSSR count). The summed E-state index contributed by atoms with van der Waals surface area (Å²) in [5, 5.41) is 15.6. The maximum absolute atomic E-state index is 6.15. The van der Waals surface area contributed by atoms with E-state index in [1.807, 2.05) is 0 Å². The molecule has 9 heteroatoms. The van der Waals surface area contributed by atoms with Crippen LogP contribution in [0.4, 0.5) is 5.82 Å². The van der Waals surface area contributed by atoms with Gasteiger partial charge in [0.25, 0.3) is 0 Å². The summed E-state index contributed by atoms with van der Waals surface area (Å²) in [6.07, 6.45) is 2.16. The van der Waals surface area contributed by atoms with E-state index < -0.39 is 0 Å². The number of benzene rings is 1. The highest BCUT2D eigenvalue weighted by Gasteiger charge is 2.10. The standard InChI is InChI=1S/C13H10BrCl3N4S/c14-8-4-6-19-21-12(8)20-13(22)18-5-3-7-9(15)1-2-10(16)11(7)17/h1-2,4,6H,3,5H2,(H2,18,20,21,22). The molecule has 0 aliphatic carbocycles. The third-order valence-electron chi connectivity index (χ3n) is 2.70. The Hall–Kier alpha value is -0.660. The summed E-state index contributed by atoms with van der Waals surface area (Å²) in [7, 11) is 0. The summed E-state index contributed by atoms with van der Waals surface area (Å²) in [6.45, 7) is 0.545. The van der Waals surface area contributed by atoms with Crippen molar-refractivity contribution in [3.63, 3.8) is 0 Å². The first kappa shape index (κ1) is 17.7. The molecule has 0 fully saturated rings. The summed E-state index contributed by atoms with van der Waals surface area (Å²) < 4.78 is 0.771. The molecule has 1 aromatic carbocycles. The molecule has 0 unspecified atom stereocenters. The predicted molar refractivity (Wildman–Crippen MR) is 99.1 cm³/mol. The van der Waals surface area contributed by atoms with Gasteiger partial charge in [-0.25, -0.2) is 0 Å². The van der Waals surface area contributed by atoms with E-state index in [9.17, 15) is 0 Å². The van der Waals surface area contributed by atoms with Gasteiger partial charge < -0.3 is 10.6 Å². The molecule has 1 aromatic heterocycles. The fraction of sp³-hybridized carbons (Fsp3) is 0.154. The van der Waals surface area contributed by atoms with Gasteiger partial charge in [-0.2, -0.15) is 5.10 Å². The third-order valence-corrected chi connectivity index (χ3v) is 4.79. The maximum Gasteiger partial charge on any atom is 0.172 e. The van der Waals surface area contributed by atoms with Crippen LogP contribution < -0.4 is 10.6 Å². The third kappa shape index (κ3) is 4.67. The van der Waals surface area contributed by atoms with E-state index in [-0.39, 0.29) is 0 Å². The molecule has 0 saturated heterocycles. The number of anilines is 1. The Morgan fingerprint density at radius 2 is 1.91 bits per heavy atom. The smallest absolute Gasteiger partial charge is 0.172 e. The van der Waals surface area contributed by atoms with Crippen LogP contribution in [0.25, 0.3) is 0 Å². The van der Waals surface area contributed by atoms with Crippen molar-refractivity contribution in [2.45, 2.75) is 6.42 Å². The zero-order valence-electron chi connectivity index (χ0n) is 11.0. The monoisotopic (exact) mass is 438 g/mol. The lowest BCUT2D eigenvalue weighted by molar-refractivity contribution is 0.872. The highest BCUT2D eigenvalue weighted by molar-refractivity contribution is 9.10. The van der Waals surface area contributed by atoms with Gasteiger partial charge in [-0.05, 0) is 58.3 Å². The van der Waals surface area contributed by atoms with Crippen molar-refractivity contribution < 1.29 is 0 Å². The summed E-state index contributed by atoms with van der Waals surface area (Å²) in [6, 6.07) is 5.16. The first-order valence-corrected chi connectivity index (χ1v) is 8.47. The van der Waals surface area contributed by atoms with E-state index in [4.69, 9.17) is 47.0 Å².